The molecule has 0 spiro atoms. The Kier molecular flexibility index (Phi) is 5.99. The fraction of sp³-hybridized carbons (Fsp3) is 0.222. The number of Topliss-reactive ketones (excluding diaryl/α,β-unsaturated/α-hetero) is 1. The van der Waals surface area contributed by atoms with E-state index in [0.29, 0.717) is 29.4 Å². The lowest BCUT2D eigenvalue weighted by atomic mass is 9.89. The lowest BCUT2D eigenvalue weighted by Crippen LogP contribution is -2.41. The summed E-state index contributed by atoms with van der Waals surface area (Å²) >= 11 is 0. The molecule has 1 unspecified atom stereocenters. The SMILES string of the molecule is Cn1c(N2CCCC(C(=O)c3ccc(-c4ccccc4)cc3)C2)nc(-c2ccncn2)cc1=O. The molecule has 0 aliphatic carbocycles. The lowest BCUT2D eigenvalue weighted by molar-refractivity contribution is 0.0906. The number of benzene rings is 2. The summed E-state index contributed by atoms with van der Waals surface area (Å²) in [7, 11) is 1.71. The number of piperidine rings is 1. The Balaban J connectivity index is 1.37. The maximum absolute atomic E-state index is 13.3. The number of rotatable bonds is 5. The van der Waals surface area contributed by atoms with E-state index in [0.717, 1.165) is 30.5 Å². The molecular weight excluding hydrogens is 426 g/mol. The smallest absolute Gasteiger partial charge is 0.255 e. The van der Waals surface area contributed by atoms with Gasteiger partial charge in [-0.15, -0.1) is 0 Å². The van der Waals surface area contributed by atoms with E-state index in [-0.39, 0.29) is 17.3 Å². The van der Waals surface area contributed by atoms with Gasteiger partial charge in [0.1, 0.15) is 6.33 Å². The third-order valence-corrected chi connectivity index (χ3v) is 6.31. The first-order chi connectivity index (χ1) is 16.6. The first kappa shape index (κ1) is 21.7. The molecule has 2 aromatic carbocycles. The Labute approximate surface area is 197 Å². The van der Waals surface area contributed by atoms with Gasteiger partial charge in [-0.05, 0) is 30.0 Å². The van der Waals surface area contributed by atoms with E-state index in [2.05, 4.69) is 22.1 Å². The number of carbonyl (C=O) groups excluding carboxylic acids is 1. The lowest BCUT2D eigenvalue weighted by Gasteiger charge is -2.33. The first-order valence-electron chi connectivity index (χ1n) is 11.4. The van der Waals surface area contributed by atoms with Gasteiger partial charge in [0.05, 0.1) is 11.4 Å². The summed E-state index contributed by atoms with van der Waals surface area (Å²) in [5, 5.41) is 0. The summed E-state index contributed by atoms with van der Waals surface area (Å²) in [6.07, 6.45) is 4.73. The van der Waals surface area contributed by atoms with E-state index < -0.39 is 0 Å². The normalized spacial score (nSPS) is 15.8. The van der Waals surface area contributed by atoms with Crippen LogP contribution >= 0.6 is 0 Å². The number of hydrogen-bond donors (Lipinski definition) is 0. The van der Waals surface area contributed by atoms with Crippen LogP contribution < -0.4 is 10.5 Å². The molecule has 0 radical (unpaired) electrons. The van der Waals surface area contributed by atoms with Gasteiger partial charge in [-0.2, -0.15) is 0 Å². The molecular formula is C27H25N5O2. The fourth-order valence-corrected chi connectivity index (χ4v) is 4.45. The van der Waals surface area contributed by atoms with Gasteiger partial charge in [0.15, 0.2) is 5.78 Å². The zero-order valence-corrected chi connectivity index (χ0v) is 19.0. The van der Waals surface area contributed by atoms with Crippen molar-refractivity contribution in [3.8, 4) is 22.5 Å². The van der Waals surface area contributed by atoms with E-state index in [9.17, 15) is 9.59 Å². The minimum atomic E-state index is -0.163. The topological polar surface area (TPSA) is 81.0 Å². The van der Waals surface area contributed by atoms with E-state index in [1.54, 1.807) is 19.3 Å². The molecule has 1 saturated heterocycles. The molecule has 0 N–H and O–H groups in total. The van der Waals surface area contributed by atoms with Crippen molar-refractivity contribution in [2.45, 2.75) is 12.8 Å². The summed E-state index contributed by atoms with van der Waals surface area (Å²) in [5.41, 5.74) is 3.86. The van der Waals surface area contributed by atoms with Crippen molar-refractivity contribution in [1.29, 1.82) is 0 Å². The highest BCUT2D eigenvalue weighted by molar-refractivity contribution is 5.98. The highest BCUT2D eigenvalue weighted by Crippen LogP contribution is 2.26. The molecule has 3 heterocycles. The average molecular weight is 452 g/mol. The summed E-state index contributed by atoms with van der Waals surface area (Å²) < 4.78 is 1.53. The number of nitrogens with zero attached hydrogens (tertiary/aromatic N) is 5. The van der Waals surface area contributed by atoms with E-state index >= 15 is 0 Å². The van der Waals surface area contributed by atoms with Crippen molar-refractivity contribution in [2.24, 2.45) is 13.0 Å². The third-order valence-electron chi connectivity index (χ3n) is 6.31. The van der Waals surface area contributed by atoms with Crippen molar-refractivity contribution in [2.75, 3.05) is 18.0 Å². The predicted molar refractivity (Wildman–Crippen MR) is 132 cm³/mol. The molecule has 1 fully saturated rings. The second-order valence-electron chi connectivity index (χ2n) is 8.53. The van der Waals surface area contributed by atoms with Crippen LogP contribution in [-0.4, -0.2) is 38.4 Å². The summed E-state index contributed by atoms with van der Waals surface area (Å²) in [6, 6.07) is 21.1. The van der Waals surface area contributed by atoms with Crippen molar-refractivity contribution < 1.29 is 4.79 Å². The molecule has 1 atom stereocenters. The van der Waals surface area contributed by atoms with Gasteiger partial charge in [0.25, 0.3) is 5.56 Å². The van der Waals surface area contributed by atoms with Crippen molar-refractivity contribution in [3.05, 3.63) is 95.2 Å². The van der Waals surface area contributed by atoms with Crippen LogP contribution in [0.3, 0.4) is 0 Å². The zero-order valence-electron chi connectivity index (χ0n) is 19.0. The van der Waals surface area contributed by atoms with Gasteiger partial charge in [0.2, 0.25) is 5.95 Å². The van der Waals surface area contributed by atoms with Crippen LogP contribution in [0.5, 0.6) is 0 Å². The highest BCUT2D eigenvalue weighted by atomic mass is 16.1. The molecule has 34 heavy (non-hydrogen) atoms. The summed E-state index contributed by atoms with van der Waals surface area (Å²) in [4.78, 5) is 40.9. The Morgan fingerprint density at radius 1 is 0.971 bits per heavy atom. The van der Waals surface area contributed by atoms with Crippen LogP contribution in [0, 0.1) is 5.92 Å². The van der Waals surface area contributed by atoms with E-state index in [1.165, 1.54) is 17.0 Å². The third kappa shape index (κ3) is 4.37. The number of anilines is 1. The maximum atomic E-state index is 13.3. The van der Waals surface area contributed by atoms with Gasteiger partial charge in [-0.25, -0.2) is 15.0 Å². The van der Waals surface area contributed by atoms with Crippen LogP contribution in [0.25, 0.3) is 22.5 Å². The summed E-state index contributed by atoms with van der Waals surface area (Å²) in [5.74, 6) is 0.523. The Morgan fingerprint density at radius 3 is 2.47 bits per heavy atom. The Morgan fingerprint density at radius 2 is 1.74 bits per heavy atom. The zero-order chi connectivity index (χ0) is 23.5. The number of aromatic nitrogens is 4. The molecule has 0 bridgehead atoms. The molecule has 0 saturated carbocycles. The number of hydrogen-bond acceptors (Lipinski definition) is 6. The Hall–Kier alpha value is -4.13. The van der Waals surface area contributed by atoms with Crippen LogP contribution in [0.1, 0.15) is 23.2 Å². The van der Waals surface area contributed by atoms with Gasteiger partial charge in [0, 0.05) is 43.9 Å². The molecule has 1 aliphatic rings. The van der Waals surface area contributed by atoms with Crippen molar-refractivity contribution in [1.82, 2.24) is 19.5 Å². The monoisotopic (exact) mass is 451 g/mol. The minimum Gasteiger partial charge on any atom is -0.341 e. The van der Waals surface area contributed by atoms with Crippen LogP contribution in [0.15, 0.2) is 84.0 Å². The van der Waals surface area contributed by atoms with Gasteiger partial charge >= 0.3 is 0 Å². The molecule has 7 heteroatoms. The predicted octanol–water partition coefficient (Wildman–Crippen LogP) is 4.00. The van der Waals surface area contributed by atoms with Crippen LogP contribution in [0.4, 0.5) is 5.95 Å². The van der Waals surface area contributed by atoms with Gasteiger partial charge in [-0.3, -0.25) is 14.2 Å². The maximum Gasteiger partial charge on any atom is 0.255 e. The van der Waals surface area contributed by atoms with E-state index in [1.807, 2.05) is 47.4 Å². The first-order valence-corrected chi connectivity index (χ1v) is 11.4. The second-order valence-corrected chi connectivity index (χ2v) is 8.53. The fourth-order valence-electron chi connectivity index (χ4n) is 4.45. The largest absolute Gasteiger partial charge is 0.341 e. The van der Waals surface area contributed by atoms with E-state index in [4.69, 9.17) is 4.98 Å². The number of ketones is 1. The molecule has 5 rings (SSSR count). The van der Waals surface area contributed by atoms with Gasteiger partial charge < -0.3 is 4.90 Å². The van der Waals surface area contributed by atoms with Gasteiger partial charge in [-0.1, -0.05) is 54.6 Å². The van der Waals surface area contributed by atoms with Crippen LogP contribution in [0.2, 0.25) is 0 Å². The molecule has 1 aliphatic heterocycles. The Bertz CT molecular complexity index is 1350. The molecule has 7 nitrogen and oxygen atoms in total. The molecule has 4 aromatic rings. The van der Waals surface area contributed by atoms with Crippen LogP contribution in [-0.2, 0) is 7.05 Å². The quantitative estimate of drug-likeness (QED) is 0.427. The molecule has 0 amide bonds. The number of carbonyl (C=O) groups is 1. The molecule has 2 aromatic heterocycles. The highest BCUT2D eigenvalue weighted by Gasteiger charge is 2.28. The second kappa shape index (κ2) is 9.39. The minimum absolute atomic E-state index is 0.126. The van der Waals surface area contributed by atoms with Crippen molar-refractivity contribution in [3.63, 3.8) is 0 Å². The molecule has 170 valence electrons. The summed E-state index contributed by atoms with van der Waals surface area (Å²) in [6.45, 7) is 1.26. The van der Waals surface area contributed by atoms with Crippen molar-refractivity contribution >= 4 is 11.7 Å². The standard InChI is InChI=1S/C27H25N5O2/c1-31-25(33)16-24(23-13-14-28-18-29-23)30-27(31)32-15-5-8-22(17-32)26(34)21-11-9-20(10-12-21)19-6-3-2-4-7-19/h2-4,6-7,9-14,16,18,22H,5,8,15,17H2,1H3. The average Bonchev–Trinajstić information content (AvgIpc) is 2.91.